The maximum Gasteiger partial charge on any atom is 0.307 e. The number of hydrogen-bond acceptors (Lipinski definition) is 3. The Morgan fingerprint density at radius 2 is 2.21 bits per heavy atom. The smallest absolute Gasteiger partial charge is 0.307 e. The second-order valence-electron chi connectivity index (χ2n) is 3.59. The van der Waals surface area contributed by atoms with E-state index >= 15 is 0 Å². The first-order valence-electron chi connectivity index (χ1n) is 5.51. The van der Waals surface area contributed by atoms with E-state index in [-0.39, 0.29) is 23.6 Å². The molecule has 0 atom stereocenters. The van der Waals surface area contributed by atoms with Gasteiger partial charge in [-0.15, -0.1) is 0 Å². The number of carbonyl (C=O) groups excluding carboxylic acids is 2. The van der Waals surface area contributed by atoms with Crippen LogP contribution in [0.1, 0.15) is 12.0 Å². The highest BCUT2D eigenvalue weighted by Crippen LogP contribution is 2.20. The predicted octanol–water partition coefficient (Wildman–Crippen LogP) is 2.17. The SMILES string of the molecule is COC(=O)CCNC(=O)/C=C/c1c(F)cccc1Cl. The third-order valence-corrected chi connectivity index (χ3v) is 2.59. The monoisotopic (exact) mass is 285 g/mol. The number of esters is 1. The van der Waals surface area contributed by atoms with Gasteiger partial charge in [-0.1, -0.05) is 17.7 Å². The van der Waals surface area contributed by atoms with E-state index in [1.807, 2.05) is 0 Å². The van der Waals surface area contributed by atoms with Gasteiger partial charge in [0.1, 0.15) is 5.82 Å². The van der Waals surface area contributed by atoms with Gasteiger partial charge < -0.3 is 10.1 Å². The highest BCUT2D eigenvalue weighted by molar-refractivity contribution is 6.32. The molecule has 6 heteroatoms. The predicted molar refractivity (Wildman–Crippen MR) is 70.1 cm³/mol. The van der Waals surface area contributed by atoms with Gasteiger partial charge in [-0.25, -0.2) is 4.39 Å². The van der Waals surface area contributed by atoms with E-state index < -0.39 is 17.7 Å². The van der Waals surface area contributed by atoms with Crippen LogP contribution < -0.4 is 5.32 Å². The van der Waals surface area contributed by atoms with Crippen LogP contribution in [0, 0.1) is 5.82 Å². The zero-order valence-corrected chi connectivity index (χ0v) is 11.0. The van der Waals surface area contributed by atoms with Gasteiger partial charge in [-0.3, -0.25) is 9.59 Å². The first-order valence-corrected chi connectivity index (χ1v) is 5.89. The van der Waals surface area contributed by atoms with Crippen molar-refractivity contribution in [3.63, 3.8) is 0 Å². The van der Waals surface area contributed by atoms with Crippen molar-refractivity contribution in [3.8, 4) is 0 Å². The third-order valence-electron chi connectivity index (χ3n) is 2.26. The molecule has 0 bridgehead atoms. The molecule has 0 fully saturated rings. The molecule has 0 saturated carbocycles. The summed E-state index contributed by atoms with van der Waals surface area (Å²) in [6, 6.07) is 4.26. The molecular formula is C13H13ClFNO3. The van der Waals surface area contributed by atoms with Crippen LogP contribution in [0.25, 0.3) is 6.08 Å². The highest BCUT2D eigenvalue weighted by Gasteiger charge is 2.04. The summed E-state index contributed by atoms with van der Waals surface area (Å²) >= 11 is 5.79. The van der Waals surface area contributed by atoms with Crippen molar-refractivity contribution in [2.45, 2.75) is 6.42 Å². The molecule has 0 saturated heterocycles. The number of ether oxygens (including phenoxy) is 1. The van der Waals surface area contributed by atoms with E-state index in [4.69, 9.17) is 11.6 Å². The summed E-state index contributed by atoms with van der Waals surface area (Å²) in [6.45, 7) is 0.154. The molecule has 0 aliphatic heterocycles. The number of rotatable bonds is 5. The summed E-state index contributed by atoms with van der Waals surface area (Å²) in [4.78, 5) is 22.2. The van der Waals surface area contributed by atoms with Gasteiger partial charge in [-0.2, -0.15) is 0 Å². The van der Waals surface area contributed by atoms with Gasteiger partial charge in [0, 0.05) is 18.2 Å². The van der Waals surface area contributed by atoms with E-state index in [0.29, 0.717) is 0 Å². The fraction of sp³-hybridized carbons (Fsp3) is 0.231. The van der Waals surface area contributed by atoms with E-state index in [1.54, 1.807) is 0 Å². The third kappa shape index (κ3) is 5.09. The average Bonchev–Trinajstić information content (AvgIpc) is 2.38. The Morgan fingerprint density at radius 3 is 2.84 bits per heavy atom. The van der Waals surface area contributed by atoms with Gasteiger partial charge in [0.2, 0.25) is 5.91 Å². The zero-order valence-electron chi connectivity index (χ0n) is 10.3. The van der Waals surface area contributed by atoms with Crippen LogP contribution in [0.2, 0.25) is 5.02 Å². The summed E-state index contributed by atoms with van der Waals surface area (Å²) in [5.41, 5.74) is 0.146. The second kappa shape index (κ2) is 7.53. The summed E-state index contributed by atoms with van der Waals surface area (Å²) in [5.74, 6) is -1.37. The Labute approximate surface area is 115 Å². The second-order valence-corrected chi connectivity index (χ2v) is 3.99. The normalized spacial score (nSPS) is 10.5. The zero-order chi connectivity index (χ0) is 14.3. The quantitative estimate of drug-likeness (QED) is 0.666. The van der Waals surface area contributed by atoms with E-state index in [2.05, 4.69) is 10.1 Å². The Balaban J connectivity index is 2.52. The molecule has 0 heterocycles. The Bertz CT molecular complexity index is 482. The topological polar surface area (TPSA) is 55.4 Å². The van der Waals surface area contributed by atoms with Crippen LogP contribution in [-0.4, -0.2) is 25.5 Å². The molecule has 0 radical (unpaired) electrons. The van der Waals surface area contributed by atoms with Crippen LogP contribution >= 0.6 is 11.6 Å². The van der Waals surface area contributed by atoms with Crippen molar-refractivity contribution < 1.29 is 18.7 Å². The molecule has 0 unspecified atom stereocenters. The molecule has 102 valence electrons. The fourth-order valence-electron chi connectivity index (χ4n) is 1.28. The fourth-order valence-corrected chi connectivity index (χ4v) is 1.50. The molecule has 4 nitrogen and oxygen atoms in total. The van der Waals surface area contributed by atoms with Gasteiger partial charge >= 0.3 is 5.97 Å². The number of nitrogens with one attached hydrogen (secondary N) is 1. The lowest BCUT2D eigenvalue weighted by molar-refractivity contribution is -0.140. The van der Waals surface area contributed by atoms with Gasteiger partial charge in [0.25, 0.3) is 0 Å². The van der Waals surface area contributed by atoms with Crippen LogP contribution in [-0.2, 0) is 14.3 Å². The van der Waals surface area contributed by atoms with Crippen LogP contribution in [0.3, 0.4) is 0 Å². The number of carbonyl (C=O) groups is 2. The molecule has 0 aliphatic rings. The molecule has 19 heavy (non-hydrogen) atoms. The largest absolute Gasteiger partial charge is 0.469 e. The Hall–Kier alpha value is -1.88. The van der Waals surface area contributed by atoms with Crippen molar-refractivity contribution in [2.75, 3.05) is 13.7 Å². The van der Waals surface area contributed by atoms with Crippen molar-refractivity contribution in [1.29, 1.82) is 0 Å². The number of hydrogen-bond donors (Lipinski definition) is 1. The minimum absolute atomic E-state index is 0.0799. The number of amides is 1. The van der Waals surface area contributed by atoms with E-state index in [1.165, 1.54) is 31.4 Å². The summed E-state index contributed by atoms with van der Waals surface area (Å²) in [7, 11) is 1.27. The van der Waals surface area contributed by atoms with E-state index in [9.17, 15) is 14.0 Å². The summed E-state index contributed by atoms with van der Waals surface area (Å²) < 4.78 is 17.8. The first kappa shape index (κ1) is 15.2. The molecule has 0 aromatic heterocycles. The average molecular weight is 286 g/mol. The van der Waals surface area contributed by atoms with Crippen molar-refractivity contribution in [2.24, 2.45) is 0 Å². The lowest BCUT2D eigenvalue weighted by Crippen LogP contribution is -2.24. The number of benzene rings is 1. The van der Waals surface area contributed by atoms with Crippen LogP contribution in [0.5, 0.6) is 0 Å². The molecule has 0 spiro atoms. The highest BCUT2D eigenvalue weighted by atomic mass is 35.5. The van der Waals surface area contributed by atoms with Crippen molar-refractivity contribution >= 4 is 29.6 Å². The van der Waals surface area contributed by atoms with Crippen molar-refractivity contribution in [1.82, 2.24) is 5.32 Å². The number of methoxy groups -OCH3 is 1. The van der Waals surface area contributed by atoms with Crippen molar-refractivity contribution in [3.05, 3.63) is 40.7 Å². The minimum Gasteiger partial charge on any atom is -0.469 e. The van der Waals surface area contributed by atoms with Gasteiger partial charge in [0.15, 0.2) is 0 Å². The lowest BCUT2D eigenvalue weighted by atomic mass is 10.2. The minimum atomic E-state index is -0.508. The summed E-state index contributed by atoms with van der Waals surface area (Å²) in [6.07, 6.45) is 2.52. The number of halogens is 2. The molecule has 1 amide bonds. The lowest BCUT2D eigenvalue weighted by Gasteiger charge is -2.02. The molecule has 0 aliphatic carbocycles. The molecule has 1 aromatic rings. The Morgan fingerprint density at radius 1 is 1.47 bits per heavy atom. The Kier molecular flexibility index (Phi) is 6.02. The maximum atomic E-state index is 13.4. The first-order chi connectivity index (χ1) is 9.04. The van der Waals surface area contributed by atoms with E-state index in [0.717, 1.165) is 6.08 Å². The van der Waals surface area contributed by atoms with Gasteiger partial charge in [0.05, 0.1) is 18.6 Å². The van der Waals surface area contributed by atoms with Gasteiger partial charge in [-0.05, 0) is 18.2 Å². The standard InChI is InChI=1S/C13H13ClFNO3/c1-19-13(18)7-8-16-12(17)6-5-9-10(14)3-2-4-11(9)15/h2-6H,7-8H2,1H3,(H,16,17)/b6-5+. The molecule has 1 N–H and O–H groups in total. The maximum absolute atomic E-state index is 13.4. The molecule has 1 aromatic carbocycles. The molecular weight excluding hydrogens is 273 g/mol. The van der Waals surface area contributed by atoms with Crippen LogP contribution in [0.15, 0.2) is 24.3 Å². The van der Waals surface area contributed by atoms with Crippen LogP contribution in [0.4, 0.5) is 4.39 Å². The molecule has 1 rings (SSSR count). The summed E-state index contributed by atoms with van der Waals surface area (Å²) in [5, 5.41) is 2.69.